The Morgan fingerprint density at radius 2 is 1.23 bits per heavy atom. The number of carbonyl (C=O) groups excluding carboxylic acids is 2. The molecule has 3 aromatic rings. The van der Waals surface area contributed by atoms with Crippen LogP contribution in [-0.4, -0.2) is 39.8 Å². The zero-order valence-corrected chi connectivity index (χ0v) is 20.3. The predicted octanol–water partition coefficient (Wildman–Crippen LogP) is 4.36. The third-order valence-electron chi connectivity index (χ3n) is 5.24. The lowest BCUT2D eigenvalue weighted by atomic mass is 10.1. The smallest absolute Gasteiger partial charge is 0.256 e. The van der Waals surface area contributed by atoms with Crippen molar-refractivity contribution < 1.29 is 28.5 Å². The Labute approximate surface area is 205 Å². The summed E-state index contributed by atoms with van der Waals surface area (Å²) in [6, 6.07) is 19.0. The Morgan fingerprint density at radius 1 is 0.714 bits per heavy atom. The molecule has 0 spiro atoms. The molecule has 0 aromatic heterocycles. The number of para-hydroxylation sites is 2. The van der Waals surface area contributed by atoms with E-state index in [4.69, 9.17) is 18.9 Å². The van der Waals surface area contributed by atoms with Gasteiger partial charge >= 0.3 is 0 Å². The van der Waals surface area contributed by atoms with Crippen molar-refractivity contribution in [2.24, 2.45) is 0 Å². The lowest BCUT2D eigenvalue weighted by Crippen LogP contribution is -2.41. The summed E-state index contributed by atoms with van der Waals surface area (Å²) in [5, 5.41) is 5.78. The summed E-state index contributed by atoms with van der Waals surface area (Å²) in [6.45, 7) is 2.55. The van der Waals surface area contributed by atoms with Crippen molar-refractivity contribution in [2.45, 2.75) is 19.5 Å². The largest absolute Gasteiger partial charge is 0.496 e. The Kier molecular flexibility index (Phi) is 8.95. The SMILES string of the molecule is CCCOc1ccc(C(NC(=O)c2ccccc2OC)NC(=O)c2ccccc2OC)cc1OC. The van der Waals surface area contributed by atoms with Crippen molar-refractivity contribution in [2.75, 3.05) is 27.9 Å². The van der Waals surface area contributed by atoms with Gasteiger partial charge < -0.3 is 29.6 Å². The van der Waals surface area contributed by atoms with Crippen molar-refractivity contribution in [1.29, 1.82) is 0 Å². The van der Waals surface area contributed by atoms with Crippen molar-refractivity contribution in [1.82, 2.24) is 10.6 Å². The molecule has 0 fully saturated rings. The first-order valence-corrected chi connectivity index (χ1v) is 11.2. The topological polar surface area (TPSA) is 95.1 Å². The summed E-state index contributed by atoms with van der Waals surface area (Å²) in [5.74, 6) is 1.06. The summed E-state index contributed by atoms with van der Waals surface area (Å²) >= 11 is 0. The van der Waals surface area contributed by atoms with Crippen LogP contribution in [0.15, 0.2) is 66.7 Å². The molecule has 0 saturated heterocycles. The number of hydrogen-bond donors (Lipinski definition) is 2. The van der Waals surface area contributed by atoms with Gasteiger partial charge in [0, 0.05) is 0 Å². The third kappa shape index (κ3) is 6.23. The molecule has 0 atom stereocenters. The number of methoxy groups -OCH3 is 3. The monoisotopic (exact) mass is 478 g/mol. The van der Waals surface area contributed by atoms with Gasteiger partial charge in [-0.1, -0.05) is 37.3 Å². The van der Waals surface area contributed by atoms with E-state index in [0.29, 0.717) is 46.3 Å². The second-order valence-corrected chi connectivity index (χ2v) is 7.54. The molecule has 0 bridgehead atoms. The molecule has 3 rings (SSSR count). The van der Waals surface area contributed by atoms with E-state index >= 15 is 0 Å². The Bertz CT molecular complexity index is 1100. The lowest BCUT2D eigenvalue weighted by Gasteiger charge is -2.23. The fraction of sp³-hybridized carbons (Fsp3) is 0.259. The van der Waals surface area contributed by atoms with Crippen molar-refractivity contribution in [3.05, 3.63) is 83.4 Å². The summed E-state index contributed by atoms with van der Waals surface area (Å²) in [7, 11) is 4.52. The molecule has 2 N–H and O–H groups in total. The van der Waals surface area contributed by atoms with Crippen LogP contribution < -0.4 is 29.6 Å². The van der Waals surface area contributed by atoms with Crippen molar-refractivity contribution >= 4 is 11.8 Å². The molecule has 8 nitrogen and oxygen atoms in total. The number of rotatable bonds is 11. The van der Waals surface area contributed by atoms with E-state index in [1.54, 1.807) is 66.7 Å². The number of carbonyl (C=O) groups is 2. The summed E-state index contributed by atoms with van der Waals surface area (Å²) in [5.41, 5.74) is 1.26. The standard InChI is InChI=1S/C27H30N2O6/c1-5-16-35-23-15-14-18(17-24(23)34-4)25(28-26(30)19-10-6-8-12-21(19)32-2)29-27(31)20-11-7-9-13-22(20)33-3/h6-15,17,25H,5,16H2,1-4H3,(H,28,30)(H,29,31). The van der Waals surface area contributed by atoms with Gasteiger partial charge in [0.1, 0.15) is 17.7 Å². The average molecular weight is 479 g/mol. The van der Waals surface area contributed by atoms with Crippen LogP contribution in [0.4, 0.5) is 0 Å². The second-order valence-electron chi connectivity index (χ2n) is 7.54. The van der Waals surface area contributed by atoms with E-state index in [2.05, 4.69) is 10.6 Å². The molecule has 0 aliphatic rings. The minimum atomic E-state index is -0.890. The van der Waals surface area contributed by atoms with Gasteiger partial charge in [-0.15, -0.1) is 0 Å². The van der Waals surface area contributed by atoms with Crippen LogP contribution in [0, 0.1) is 0 Å². The van der Waals surface area contributed by atoms with Crippen molar-refractivity contribution in [3.8, 4) is 23.0 Å². The van der Waals surface area contributed by atoms with Gasteiger partial charge in [0.15, 0.2) is 11.5 Å². The van der Waals surface area contributed by atoms with Crippen LogP contribution in [0.2, 0.25) is 0 Å². The zero-order chi connectivity index (χ0) is 25.2. The fourth-order valence-corrected chi connectivity index (χ4v) is 3.48. The van der Waals surface area contributed by atoms with Crippen LogP contribution in [-0.2, 0) is 0 Å². The maximum absolute atomic E-state index is 13.2. The quantitative estimate of drug-likeness (QED) is 0.398. The highest BCUT2D eigenvalue weighted by Crippen LogP contribution is 2.31. The molecule has 35 heavy (non-hydrogen) atoms. The molecule has 0 aliphatic carbocycles. The van der Waals surface area contributed by atoms with Gasteiger partial charge in [0.05, 0.1) is 39.1 Å². The number of amides is 2. The zero-order valence-electron chi connectivity index (χ0n) is 20.3. The Hall–Kier alpha value is -4.20. The first kappa shape index (κ1) is 25.4. The second kappa shape index (κ2) is 12.3. The highest BCUT2D eigenvalue weighted by Gasteiger charge is 2.23. The van der Waals surface area contributed by atoms with E-state index in [9.17, 15) is 9.59 Å². The molecule has 2 amide bonds. The highest BCUT2D eigenvalue weighted by atomic mass is 16.5. The van der Waals surface area contributed by atoms with Gasteiger partial charge in [-0.3, -0.25) is 9.59 Å². The van der Waals surface area contributed by atoms with Gasteiger partial charge in [0.25, 0.3) is 11.8 Å². The number of hydrogen-bond acceptors (Lipinski definition) is 6. The number of nitrogens with one attached hydrogen (secondary N) is 2. The van der Waals surface area contributed by atoms with E-state index < -0.39 is 18.0 Å². The first-order valence-electron chi connectivity index (χ1n) is 11.2. The van der Waals surface area contributed by atoms with Crippen LogP contribution in [0.1, 0.15) is 45.8 Å². The maximum atomic E-state index is 13.2. The molecule has 0 radical (unpaired) electrons. The van der Waals surface area contributed by atoms with E-state index in [-0.39, 0.29) is 0 Å². The first-order chi connectivity index (χ1) is 17.0. The third-order valence-corrected chi connectivity index (χ3v) is 5.24. The molecular weight excluding hydrogens is 448 g/mol. The van der Waals surface area contributed by atoms with E-state index in [1.165, 1.54) is 21.3 Å². The summed E-state index contributed by atoms with van der Waals surface area (Å²) < 4.78 is 21.9. The fourth-order valence-electron chi connectivity index (χ4n) is 3.48. The summed E-state index contributed by atoms with van der Waals surface area (Å²) in [6.07, 6.45) is -0.0452. The normalized spacial score (nSPS) is 10.4. The average Bonchev–Trinajstić information content (AvgIpc) is 2.91. The predicted molar refractivity (Wildman–Crippen MR) is 132 cm³/mol. The van der Waals surface area contributed by atoms with Gasteiger partial charge in [-0.05, 0) is 48.4 Å². The molecule has 0 heterocycles. The molecular formula is C27H30N2O6. The molecule has 3 aromatic carbocycles. The van der Waals surface area contributed by atoms with Gasteiger partial charge in [-0.2, -0.15) is 0 Å². The lowest BCUT2D eigenvalue weighted by molar-refractivity contribution is 0.0880. The van der Waals surface area contributed by atoms with Crippen LogP contribution in [0.3, 0.4) is 0 Å². The van der Waals surface area contributed by atoms with E-state index in [1.807, 2.05) is 6.92 Å². The molecule has 0 unspecified atom stereocenters. The number of ether oxygens (including phenoxy) is 4. The van der Waals surface area contributed by atoms with Crippen molar-refractivity contribution in [3.63, 3.8) is 0 Å². The van der Waals surface area contributed by atoms with Crippen LogP contribution in [0.5, 0.6) is 23.0 Å². The molecule has 184 valence electrons. The van der Waals surface area contributed by atoms with E-state index in [0.717, 1.165) is 6.42 Å². The Morgan fingerprint density at radius 3 is 1.71 bits per heavy atom. The van der Waals surface area contributed by atoms with Gasteiger partial charge in [-0.25, -0.2) is 0 Å². The summed E-state index contributed by atoms with van der Waals surface area (Å²) in [4.78, 5) is 26.4. The Balaban J connectivity index is 1.96. The van der Waals surface area contributed by atoms with Gasteiger partial charge in [0.2, 0.25) is 0 Å². The molecule has 0 aliphatic heterocycles. The number of benzene rings is 3. The van der Waals surface area contributed by atoms with Crippen LogP contribution in [0.25, 0.3) is 0 Å². The minimum absolute atomic E-state index is 0.335. The molecule has 8 heteroatoms. The highest BCUT2D eigenvalue weighted by molar-refractivity contribution is 5.99. The minimum Gasteiger partial charge on any atom is -0.496 e. The van der Waals surface area contributed by atoms with Crippen LogP contribution >= 0.6 is 0 Å². The molecule has 0 saturated carbocycles. The maximum Gasteiger partial charge on any atom is 0.256 e.